The maximum atomic E-state index is 12.5. The van der Waals surface area contributed by atoms with Crippen molar-refractivity contribution in [2.24, 2.45) is 0 Å². The van der Waals surface area contributed by atoms with Crippen LogP contribution in [-0.2, 0) is 14.8 Å². The van der Waals surface area contributed by atoms with Gasteiger partial charge in [0.25, 0.3) is 15.9 Å². The van der Waals surface area contributed by atoms with Crippen molar-refractivity contribution in [3.05, 3.63) is 60.4 Å². The number of aryl methyl sites for hydroxylation is 1. The summed E-state index contributed by atoms with van der Waals surface area (Å²) >= 11 is 1.44. The predicted molar refractivity (Wildman–Crippen MR) is 114 cm³/mol. The number of benzene rings is 2. The number of anilines is 1. The Morgan fingerprint density at radius 1 is 1.20 bits per heavy atom. The fraction of sp³-hybridized carbons (Fsp3) is 0.211. The van der Waals surface area contributed by atoms with Gasteiger partial charge in [0.05, 0.1) is 4.90 Å². The van der Waals surface area contributed by atoms with E-state index in [1.54, 1.807) is 18.2 Å². The van der Waals surface area contributed by atoms with Crippen molar-refractivity contribution >= 4 is 33.4 Å². The highest BCUT2D eigenvalue weighted by molar-refractivity contribution is 7.99. The zero-order valence-electron chi connectivity index (χ0n) is 16.2. The maximum Gasteiger partial charge on any atom is 0.261 e. The van der Waals surface area contributed by atoms with E-state index in [9.17, 15) is 13.2 Å². The molecule has 0 saturated heterocycles. The lowest BCUT2D eigenvalue weighted by Gasteiger charge is -2.10. The molecule has 0 aliphatic rings. The molecule has 1 aromatic heterocycles. The third-order valence-electron chi connectivity index (χ3n) is 3.83. The third kappa shape index (κ3) is 6.49. The van der Waals surface area contributed by atoms with E-state index in [4.69, 9.17) is 4.74 Å². The number of hydrogen-bond donors (Lipinski definition) is 3. The number of aromatic amines is 1. The predicted octanol–water partition coefficient (Wildman–Crippen LogP) is 2.20. The largest absolute Gasteiger partial charge is 0.484 e. The number of carbonyl (C=O) groups is 1. The highest BCUT2D eigenvalue weighted by atomic mass is 32.2. The molecule has 0 saturated carbocycles. The smallest absolute Gasteiger partial charge is 0.261 e. The Kier molecular flexibility index (Phi) is 7.31. The van der Waals surface area contributed by atoms with E-state index in [0.717, 1.165) is 5.56 Å². The molecule has 3 N–H and O–H groups in total. The molecule has 0 radical (unpaired) electrons. The number of carbonyl (C=O) groups excluding carboxylic acids is 1. The average Bonchev–Trinajstić information content (AvgIpc) is 3.23. The van der Waals surface area contributed by atoms with Gasteiger partial charge < -0.3 is 10.1 Å². The summed E-state index contributed by atoms with van der Waals surface area (Å²) in [6.45, 7) is 2.17. The number of nitrogens with zero attached hydrogens (tertiary/aromatic N) is 2. The molecule has 158 valence electrons. The second-order valence-corrected chi connectivity index (χ2v) is 8.99. The van der Waals surface area contributed by atoms with Crippen LogP contribution in [0.4, 0.5) is 5.69 Å². The van der Waals surface area contributed by atoms with Gasteiger partial charge in [0.1, 0.15) is 12.1 Å². The molecule has 3 rings (SSSR count). The van der Waals surface area contributed by atoms with Gasteiger partial charge in [0.2, 0.25) is 0 Å². The lowest BCUT2D eigenvalue weighted by molar-refractivity contribution is -0.122. The molecule has 0 atom stereocenters. The standard InChI is InChI=1S/C19H21N5O4S2/c1-14-3-2-4-15(11-14)24-30(26,27)17-7-5-16(6-8-17)28-12-18(25)20-9-10-29-19-21-13-22-23-19/h2-8,11,13,24H,9-10,12H2,1H3,(H,20,25)(H,21,22,23). The van der Waals surface area contributed by atoms with Gasteiger partial charge in [-0.2, -0.15) is 5.10 Å². The molecule has 0 bridgehead atoms. The molecule has 0 aliphatic heterocycles. The lowest BCUT2D eigenvalue weighted by atomic mass is 10.2. The van der Waals surface area contributed by atoms with Crippen molar-refractivity contribution in [1.82, 2.24) is 20.5 Å². The van der Waals surface area contributed by atoms with E-state index in [1.807, 2.05) is 13.0 Å². The van der Waals surface area contributed by atoms with Crippen LogP contribution in [0.1, 0.15) is 5.56 Å². The molecule has 30 heavy (non-hydrogen) atoms. The summed E-state index contributed by atoms with van der Waals surface area (Å²) in [5.74, 6) is 0.767. The Balaban J connectivity index is 1.45. The zero-order chi connectivity index (χ0) is 21.4. The van der Waals surface area contributed by atoms with E-state index >= 15 is 0 Å². The molecule has 3 aromatic rings. The van der Waals surface area contributed by atoms with E-state index in [0.29, 0.717) is 28.9 Å². The van der Waals surface area contributed by atoms with Crippen molar-refractivity contribution in [3.63, 3.8) is 0 Å². The van der Waals surface area contributed by atoms with Gasteiger partial charge in [-0.15, -0.1) is 0 Å². The summed E-state index contributed by atoms with van der Waals surface area (Å²) in [4.78, 5) is 15.9. The number of aromatic nitrogens is 3. The SMILES string of the molecule is Cc1cccc(NS(=O)(=O)c2ccc(OCC(=O)NCCSc3ncn[nH]3)cc2)c1. The van der Waals surface area contributed by atoms with Gasteiger partial charge in [-0.1, -0.05) is 23.9 Å². The normalized spacial score (nSPS) is 11.1. The second kappa shape index (κ2) is 10.1. The van der Waals surface area contributed by atoms with Crippen LogP contribution >= 0.6 is 11.8 Å². The molecule has 0 unspecified atom stereocenters. The van der Waals surface area contributed by atoms with Crippen LogP contribution in [0, 0.1) is 6.92 Å². The fourth-order valence-corrected chi connectivity index (χ4v) is 4.13. The molecule has 11 heteroatoms. The molecular weight excluding hydrogens is 426 g/mol. The van der Waals surface area contributed by atoms with Gasteiger partial charge in [-0.25, -0.2) is 13.4 Å². The van der Waals surface area contributed by atoms with Crippen LogP contribution in [0.15, 0.2) is 64.9 Å². The second-order valence-electron chi connectivity index (χ2n) is 6.22. The molecule has 1 heterocycles. The summed E-state index contributed by atoms with van der Waals surface area (Å²) in [5.41, 5.74) is 1.45. The Morgan fingerprint density at radius 3 is 2.70 bits per heavy atom. The van der Waals surface area contributed by atoms with E-state index in [1.165, 1.54) is 42.4 Å². The Labute approximate surface area is 178 Å². The fourth-order valence-electron chi connectivity index (χ4n) is 2.44. The number of rotatable bonds is 10. The summed E-state index contributed by atoms with van der Waals surface area (Å²) in [6.07, 6.45) is 1.42. The van der Waals surface area contributed by atoms with Crippen LogP contribution < -0.4 is 14.8 Å². The topological polar surface area (TPSA) is 126 Å². The Bertz CT molecular complexity index is 1070. The summed E-state index contributed by atoms with van der Waals surface area (Å²) < 4.78 is 32.9. The maximum absolute atomic E-state index is 12.5. The van der Waals surface area contributed by atoms with Crippen LogP contribution in [0.5, 0.6) is 5.75 Å². The van der Waals surface area contributed by atoms with E-state index in [2.05, 4.69) is 25.2 Å². The first-order chi connectivity index (χ1) is 14.4. The molecular formula is C19H21N5O4S2. The number of ether oxygens (including phenoxy) is 1. The number of hydrogen-bond acceptors (Lipinski definition) is 7. The van der Waals surface area contributed by atoms with Crippen LogP contribution in [0.2, 0.25) is 0 Å². The third-order valence-corrected chi connectivity index (χ3v) is 6.11. The zero-order valence-corrected chi connectivity index (χ0v) is 17.8. The first-order valence-electron chi connectivity index (χ1n) is 8.99. The van der Waals surface area contributed by atoms with Crippen molar-refractivity contribution in [2.45, 2.75) is 17.0 Å². The number of H-pyrrole nitrogens is 1. The highest BCUT2D eigenvalue weighted by Crippen LogP contribution is 2.20. The number of amides is 1. The lowest BCUT2D eigenvalue weighted by Crippen LogP contribution is -2.30. The monoisotopic (exact) mass is 447 g/mol. The molecule has 0 fully saturated rings. The summed E-state index contributed by atoms with van der Waals surface area (Å²) in [6, 6.07) is 13.0. The van der Waals surface area contributed by atoms with E-state index in [-0.39, 0.29) is 17.4 Å². The quantitative estimate of drug-likeness (QED) is 0.321. The van der Waals surface area contributed by atoms with Crippen molar-refractivity contribution < 1.29 is 17.9 Å². The van der Waals surface area contributed by atoms with Crippen molar-refractivity contribution in [2.75, 3.05) is 23.6 Å². The van der Waals surface area contributed by atoms with Gasteiger partial charge in [0, 0.05) is 18.0 Å². The van der Waals surface area contributed by atoms with Crippen LogP contribution in [-0.4, -0.2) is 48.4 Å². The number of thioether (sulfide) groups is 1. The first kappa shape index (κ1) is 21.7. The van der Waals surface area contributed by atoms with Gasteiger partial charge >= 0.3 is 0 Å². The molecule has 9 nitrogen and oxygen atoms in total. The first-order valence-corrected chi connectivity index (χ1v) is 11.5. The summed E-state index contributed by atoms with van der Waals surface area (Å²) in [7, 11) is -3.71. The molecule has 1 amide bonds. The molecule has 0 aliphatic carbocycles. The minimum absolute atomic E-state index is 0.102. The highest BCUT2D eigenvalue weighted by Gasteiger charge is 2.14. The van der Waals surface area contributed by atoms with E-state index < -0.39 is 10.0 Å². The van der Waals surface area contributed by atoms with Crippen molar-refractivity contribution in [3.8, 4) is 5.75 Å². The van der Waals surface area contributed by atoms with Gasteiger partial charge in [-0.3, -0.25) is 14.6 Å². The number of nitrogens with one attached hydrogen (secondary N) is 3. The minimum atomic E-state index is -3.71. The molecule has 0 spiro atoms. The summed E-state index contributed by atoms with van der Waals surface area (Å²) in [5, 5.41) is 9.88. The Morgan fingerprint density at radius 2 is 2.00 bits per heavy atom. The van der Waals surface area contributed by atoms with Gasteiger partial charge in [-0.05, 0) is 48.9 Å². The van der Waals surface area contributed by atoms with Crippen LogP contribution in [0.3, 0.4) is 0 Å². The van der Waals surface area contributed by atoms with Crippen molar-refractivity contribution in [1.29, 1.82) is 0 Å². The number of sulfonamides is 1. The Hall–Kier alpha value is -3.05. The van der Waals surface area contributed by atoms with Crippen LogP contribution in [0.25, 0.3) is 0 Å². The average molecular weight is 448 g/mol. The van der Waals surface area contributed by atoms with Gasteiger partial charge in [0.15, 0.2) is 11.8 Å². The molecule has 2 aromatic carbocycles. The minimum Gasteiger partial charge on any atom is -0.484 e.